The molecule has 1 saturated heterocycles. The van der Waals surface area contributed by atoms with E-state index in [2.05, 4.69) is 43.2 Å². The molecule has 142 valence electrons. The van der Waals surface area contributed by atoms with E-state index >= 15 is 0 Å². The first-order valence-corrected chi connectivity index (χ1v) is 9.67. The maximum absolute atomic E-state index is 12.7. The lowest BCUT2D eigenvalue weighted by Gasteiger charge is -2.29. The van der Waals surface area contributed by atoms with Crippen LogP contribution in [0.1, 0.15) is 39.2 Å². The third-order valence-corrected chi connectivity index (χ3v) is 5.58. The highest BCUT2D eigenvalue weighted by atomic mass is 16.2. The standard InChI is InChI=1S/C22H32N2O2/c1-5-18(14-19-11-12-23-22(19)26)20(13-17-9-7-6-8-10-17)24-21(25)16(4)15(2)3/h5-10,15-16,18-20H,1,11-14H2,2-4H3,(H,23,26)(H,24,25)/t16-,18+,19-,20-/m0/s1. The zero-order valence-electron chi connectivity index (χ0n) is 16.2. The Hall–Kier alpha value is -2.10. The second kappa shape index (κ2) is 9.56. The molecule has 0 radical (unpaired) electrons. The number of carbonyl (C=O) groups excluding carboxylic acids is 2. The van der Waals surface area contributed by atoms with Gasteiger partial charge in [0, 0.05) is 24.4 Å². The van der Waals surface area contributed by atoms with E-state index in [0.29, 0.717) is 0 Å². The van der Waals surface area contributed by atoms with Gasteiger partial charge in [-0.2, -0.15) is 0 Å². The Balaban J connectivity index is 2.15. The van der Waals surface area contributed by atoms with Gasteiger partial charge in [0.2, 0.25) is 11.8 Å². The minimum absolute atomic E-state index is 0.00991. The summed E-state index contributed by atoms with van der Waals surface area (Å²) < 4.78 is 0. The van der Waals surface area contributed by atoms with Crippen molar-refractivity contribution in [2.75, 3.05) is 6.54 Å². The molecule has 2 rings (SSSR count). The molecule has 4 atom stereocenters. The van der Waals surface area contributed by atoms with Crippen molar-refractivity contribution in [3.63, 3.8) is 0 Å². The molecule has 26 heavy (non-hydrogen) atoms. The second-order valence-electron chi connectivity index (χ2n) is 7.75. The lowest BCUT2D eigenvalue weighted by Crippen LogP contribution is -2.45. The molecule has 1 aliphatic rings. The Morgan fingerprint density at radius 2 is 2.00 bits per heavy atom. The number of rotatable bonds is 9. The minimum Gasteiger partial charge on any atom is -0.356 e. The van der Waals surface area contributed by atoms with Gasteiger partial charge in [-0.25, -0.2) is 0 Å². The summed E-state index contributed by atoms with van der Waals surface area (Å²) in [6.07, 6.45) is 4.22. The number of amides is 2. The first-order valence-electron chi connectivity index (χ1n) is 9.67. The second-order valence-corrected chi connectivity index (χ2v) is 7.75. The van der Waals surface area contributed by atoms with Crippen molar-refractivity contribution < 1.29 is 9.59 Å². The van der Waals surface area contributed by atoms with Crippen LogP contribution in [0.25, 0.3) is 0 Å². The van der Waals surface area contributed by atoms with Crippen molar-refractivity contribution in [1.29, 1.82) is 0 Å². The van der Waals surface area contributed by atoms with E-state index in [1.54, 1.807) is 0 Å². The smallest absolute Gasteiger partial charge is 0.223 e. The molecule has 4 nitrogen and oxygen atoms in total. The Labute approximate surface area is 157 Å². The summed E-state index contributed by atoms with van der Waals surface area (Å²) in [5.74, 6) is 0.507. The molecule has 1 aromatic rings. The molecule has 1 fully saturated rings. The van der Waals surface area contributed by atoms with Crippen LogP contribution in [0.4, 0.5) is 0 Å². The SMILES string of the molecule is C=C[C@H](C[C@@H]1CCNC1=O)[C@H](Cc1ccccc1)NC(=O)[C@@H](C)C(C)C. The van der Waals surface area contributed by atoms with E-state index in [1.807, 2.05) is 31.2 Å². The molecule has 0 saturated carbocycles. The molecule has 1 aromatic carbocycles. The lowest BCUT2D eigenvalue weighted by atomic mass is 9.84. The van der Waals surface area contributed by atoms with E-state index in [9.17, 15) is 9.59 Å². The van der Waals surface area contributed by atoms with Crippen LogP contribution in [0.3, 0.4) is 0 Å². The molecular weight excluding hydrogens is 324 g/mol. The van der Waals surface area contributed by atoms with E-state index in [-0.39, 0.29) is 41.5 Å². The maximum Gasteiger partial charge on any atom is 0.223 e. The zero-order chi connectivity index (χ0) is 19.1. The summed E-state index contributed by atoms with van der Waals surface area (Å²) >= 11 is 0. The number of hydrogen-bond donors (Lipinski definition) is 2. The predicted octanol–water partition coefficient (Wildman–Crippen LogP) is 3.33. The van der Waals surface area contributed by atoms with Crippen LogP contribution >= 0.6 is 0 Å². The third-order valence-electron chi connectivity index (χ3n) is 5.58. The summed E-state index contributed by atoms with van der Waals surface area (Å²) in [5, 5.41) is 6.15. The first kappa shape index (κ1) is 20.2. The van der Waals surface area contributed by atoms with Crippen LogP contribution < -0.4 is 10.6 Å². The Morgan fingerprint density at radius 3 is 2.54 bits per heavy atom. The van der Waals surface area contributed by atoms with Crippen LogP contribution in [0.2, 0.25) is 0 Å². The van der Waals surface area contributed by atoms with Crippen molar-refractivity contribution in [2.24, 2.45) is 23.7 Å². The van der Waals surface area contributed by atoms with Gasteiger partial charge in [0.15, 0.2) is 0 Å². The van der Waals surface area contributed by atoms with E-state index in [4.69, 9.17) is 0 Å². The van der Waals surface area contributed by atoms with Crippen molar-refractivity contribution in [3.05, 3.63) is 48.6 Å². The third kappa shape index (κ3) is 5.45. The normalized spacial score (nSPS) is 20.3. The summed E-state index contributed by atoms with van der Waals surface area (Å²) in [5.41, 5.74) is 1.18. The quantitative estimate of drug-likeness (QED) is 0.667. The molecule has 1 aliphatic heterocycles. The molecule has 0 aromatic heterocycles. The summed E-state index contributed by atoms with van der Waals surface area (Å²) in [4.78, 5) is 24.7. The summed E-state index contributed by atoms with van der Waals surface area (Å²) in [6, 6.07) is 10.1. The van der Waals surface area contributed by atoms with Crippen LogP contribution in [-0.2, 0) is 16.0 Å². The van der Waals surface area contributed by atoms with Crippen LogP contribution in [0.15, 0.2) is 43.0 Å². The first-order chi connectivity index (χ1) is 12.4. The van der Waals surface area contributed by atoms with E-state index < -0.39 is 0 Å². The van der Waals surface area contributed by atoms with Gasteiger partial charge in [-0.1, -0.05) is 57.2 Å². The highest BCUT2D eigenvalue weighted by molar-refractivity contribution is 5.80. The monoisotopic (exact) mass is 356 g/mol. The molecule has 0 aliphatic carbocycles. The highest BCUT2D eigenvalue weighted by Crippen LogP contribution is 2.25. The van der Waals surface area contributed by atoms with Crippen LogP contribution in [-0.4, -0.2) is 24.4 Å². The number of carbonyl (C=O) groups is 2. The Bertz CT molecular complexity index is 612. The van der Waals surface area contributed by atoms with Gasteiger partial charge in [-0.3, -0.25) is 9.59 Å². The average Bonchev–Trinajstić information content (AvgIpc) is 3.03. The summed E-state index contributed by atoms with van der Waals surface area (Å²) in [6.45, 7) is 10.8. The largest absolute Gasteiger partial charge is 0.356 e. The maximum atomic E-state index is 12.7. The zero-order valence-corrected chi connectivity index (χ0v) is 16.2. The van der Waals surface area contributed by atoms with Gasteiger partial charge in [0.1, 0.15) is 0 Å². The van der Waals surface area contributed by atoms with Gasteiger partial charge in [-0.15, -0.1) is 6.58 Å². The lowest BCUT2D eigenvalue weighted by molar-refractivity contribution is -0.126. The number of hydrogen-bond acceptors (Lipinski definition) is 2. The number of nitrogens with one attached hydrogen (secondary N) is 2. The van der Waals surface area contributed by atoms with Crippen molar-refractivity contribution >= 4 is 11.8 Å². The van der Waals surface area contributed by atoms with E-state index in [1.165, 1.54) is 5.56 Å². The fraction of sp³-hybridized carbons (Fsp3) is 0.545. The minimum atomic E-state index is -0.0583. The Kier molecular flexibility index (Phi) is 7.43. The molecule has 2 N–H and O–H groups in total. The summed E-state index contributed by atoms with van der Waals surface area (Å²) in [7, 11) is 0. The average molecular weight is 357 g/mol. The molecule has 0 unspecified atom stereocenters. The van der Waals surface area contributed by atoms with Crippen molar-refractivity contribution in [3.8, 4) is 0 Å². The molecule has 1 heterocycles. The van der Waals surface area contributed by atoms with E-state index in [0.717, 1.165) is 25.8 Å². The Morgan fingerprint density at radius 1 is 1.31 bits per heavy atom. The fourth-order valence-corrected chi connectivity index (χ4v) is 3.42. The number of benzene rings is 1. The van der Waals surface area contributed by atoms with Crippen molar-refractivity contribution in [1.82, 2.24) is 10.6 Å². The van der Waals surface area contributed by atoms with Gasteiger partial charge in [0.05, 0.1) is 0 Å². The van der Waals surface area contributed by atoms with Gasteiger partial charge in [-0.05, 0) is 36.7 Å². The molecule has 4 heteroatoms. The van der Waals surface area contributed by atoms with Crippen molar-refractivity contribution in [2.45, 2.75) is 46.1 Å². The van der Waals surface area contributed by atoms with Crippen LogP contribution in [0.5, 0.6) is 0 Å². The molecule has 2 amide bonds. The molecule has 0 spiro atoms. The fourth-order valence-electron chi connectivity index (χ4n) is 3.42. The molecule has 0 bridgehead atoms. The predicted molar refractivity (Wildman–Crippen MR) is 105 cm³/mol. The molecular formula is C22H32N2O2. The van der Waals surface area contributed by atoms with Gasteiger partial charge in [0.25, 0.3) is 0 Å². The van der Waals surface area contributed by atoms with Gasteiger partial charge < -0.3 is 10.6 Å². The highest BCUT2D eigenvalue weighted by Gasteiger charge is 2.31. The topological polar surface area (TPSA) is 58.2 Å². The van der Waals surface area contributed by atoms with Crippen LogP contribution in [0, 0.1) is 23.7 Å². The van der Waals surface area contributed by atoms with Gasteiger partial charge >= 0.3 is 0 Å².